The van der Waals surface area contributed by atoms with Crippen LogP contribution in [0.2, 0.25) is 0 Å². The monoisotopic (exact) mass is 301 g/mol. The van der Waals surface area contributed by atoms with Gasteiger partial charge in [0.05, 0.1) is 18.3 Å². The van der Waals surface area contributed by atoms with Crippen LogP contribution in [0.3, 0.4) is 0 Å². The van der Waals surface area contributed by atoms with Gasteiger partial charge in [0.2, 0.25) is 0 Å². The van der Waals surface area contributed by atoms with Crippen LogP contribution in [0.1, 0.15) is 43.9 Å². The van der Waals surface area contributed by atoms with E-state index in [1.165, 1.54) is 12.1 Å². The average molecular weight is 301 g/mol. The van der Waals surface area contributed by atoms with Gasteiger partial charge in [-0.25, -0.2) is 0 Å². The number of halogens is 3. The number of hydrogen-bond donors (Lipinski definition) is 1. The molecule has 0 amide bonds. The molecule has 2 nitrogen and oxygen atoms in total. The molecule has 1 atom stereocenters. The fraction of sp³-hybridized carbons (Fsp3) is 0.625. The van der Waals surface area contributed by atoms with Gasteiger partial charge in [0, 0.05) is 18.5 Å². The van der Waals surface area contributed by atoms with Crippen LogP contribution in [0.5, 0.6) is 0 Å². The third-order valence-corrected chi connectivity index (χ3v) is 4.53. The van der Waals surface area contributed by atoms with Crippen molar-refractivity contribution in [1.82, 2.24) is 5.32 Å². The summed E-state index contributed by atoms with van der Waals surface area (Å²) in [5.74, 6) is 0. The summed E-state index contributed by atoms with van der Waals surface area (Å²) in [6.07, 6.45) is -2.43. The fourth-order valence-electron chi connectivity index (χ4n) is 2.66. The number of rotatable bonds is 3. The smallest absolute Gasteiger partial charge is 0.372 e. The van der Waals surface area contributed by atoms with Crippen LogP contribution >= 0.6 is 0 Å². The largest absolute Gasteiger partial charge is 0.416 e. The van der Waals surface area contributed by atoms with E-state index in [0.717, 1.165) is 37.1 Å². The van der Waals surface area contributed by atoms with Crippen LogP contribution in [0, 0.1) is 5.41 Å². The average Bonchev–Trinajstić information content (AvgIpc) is 2.69. The molecule has 0 aromatic heterocycles. The standard InChI is InChI=1S/C16H22F3NO/c1-3-15(4-2)10-20-9-14(21-11-15)12-5-7-13(8-6-12)16(17,18)19/h5-8,14,20H,3-4,9-11H2,1-2H3. The summed E-state index contributed by atoms with van der Waals surface area (Å²) in [5, 5.41) is 3.39. The van der Waals surface area contributed by atoms with Crippen molar-refractivity contribution < 1.29 is 17.9 Å². The Morgan fingerprint density at radius 1 is 1.19 bits per heavy atom. The Morgan fingerprint density at radius 2 is 1.81 bits per heavy atom. The molecule has 0 radical (unpaired) electrons. The van der Waals surface area contributed by atoms with Gasteiger partial charge in [0.1, 0.15) is 0 Å². The molecule has 1 heterocycles. The second-order valence-electron chi connectivity index (χ2n) is 5.76. The minimum absolute atomic E-state index is 0.126. The maximum absolute atomic E-state index is 12.6. The quantitative estimate of drug-likeness (QED) is 0.904. The molecule has 1 aliphatic heterocycles. The number of alkyl halides is 3. The normalized spacial score (nSPS) is 22.8. The first kappa shape index (κ1) is 16.3. The van der Waals surface area contributed by atoms with Gasteiger partial charge in [-0.05, 0) is 30.5 Å². The van der Waals surface area contributed by atoms with Crippen molar-refractivity contribution in [2.24, 2.45) is 5.41 Å². The molecule has 2 rings (SSSR count). The molecule has 1 fully saturated rings. The number of ether oxygens (including phenoxy) is 1. The molecular weight excluding hydrogens is 279 g/mol. The molecule has 1 aliphatic rings. The van der Waals surface area contributed by atoms with Crippen LogP contribution in [0.15, 0.2) is 24.3 Å². The topological polar surface area (TPSA) is 21.3 Å². The first-order valence-corrected chi connectivity index (χ1v) is 7.40. The lowest BCUT2D eigenvalue weighted by Gasteiger charge is -2.29. The third kappa shape index (κ3) is 3.77. The molecule has 0 aliphatic carbocycles. The van der Waals surface area contributed by atoms with Gasteiger partial charge in [0.15, 0.2) is 0 Å². The third-order valence-electron chi connectivity index (χ3n) is 4.53. The van der Waals surface area contributed by atoms with Crippen molar-refractivity contribution in [3.63, 3.8) is 0 Å². The molecule has 0 bridgehead atoms. The second kappa shape index (κ2) is 6.36. The summed E-state index contributed by atoms with van der Waals surface area (Å²) in [4.78, 5) is 0. The van der Waals surface area contributed by atoms with Crippen molar-refractivity contribution in [1.29, 1.82) is 0 Å². The van der Waals surface area contributed by atoms with Crippen LogP contribution in [-0.4, -0.2) is 19.7 Å². The molecule has 118 valence electrons. The summed E-state index contributed by atoms with van der Waals surface area (Å²) in [6, 6.07) is 5.27. The van der Waals surface area contributed by atoms with E-state index in [1.807, 2.05) is 0 Å². The Hall–Kier alpha value is -1.07. The molecule has 1 N–H and O–H groups in total. The van der Waals surface area contributed by atoms with Crippen molar-refractivity contribution in [2.75, 3.05) is 19.7 Å². The predicted octanol–water partition coefficient (Wildman–Crippen LogP) is 4.17. The zero-order valence-corrected chi connectivity index (χ0v) is 12.5. The van der Waals surface area contributed by atoms with Gasteiger partial charge in [-0.15, -0.1) is 0 Å². The minimum atomic E-state index is -4.29. The van der Waals surface area contributed by atoms with Crippen LogP contribution in [0.4, 0.5) is 13.2 Å². The highest BCUT2D eigenvalue weighted by molar-refractivity contribution is 5.26. The zero-order valence-electron chi connectivity index (χ0n) is 12.5. The van der Waals surface area contributed by atoms with Gasteiger partial charge in [-0.1, -0.05) is 26.0 Å². The lowest BCUT2D eigenvalue weighted by molar-refractivity contribution is -0.137. The van der Waals surface area contributed by atoms with Gasteiger partial charge < -0.3 is 10.1 Å². The Morgan fingerprint density at radius 3 is 2.33 bits per heavy atom. The van der Waals surface area contributed by atoms with Crippen molar-refractivity contribution in [3.05, 3.63) is 35.4 Å². The Balaban J connectivity index is 2.09. The van der Waals surface area contributed by atoms with Gasteiger partial charge >= 0.3 is 6.18 Å². The lowest BCUT2D eigenvalue weighted by Crippen LogP contribution is -2.34. The highest BCUT2D eigenvalue weighted by atomic mass is 19.4. The van der Waals surface area contributed by atoms with Gasteiger partial charge in [-0.3, -0.25) is 0 Å². The summed E-state index contributed by atoms with van der Waals surface area (Å²) in [7, 11) is 0. The Labute approximate surface area is 123 Å². The summed E-state index contributed by atoms with van der Waals surface area (Å²) >= 11 is 0. The SMILES string of the molecule is CCC1(CC)CNCC(c2ccc(C(F)(F)F)cc2)OC1. The van der Waals surface area contributed by atoms with Gasteiger partial charge in [-0.2, -0.15) is 13.2 Å². The predicted molar refractivity (Wildman–Crippen MR) is 76.0 cm³/mol. The van der Waals surface area contributed by atoms with E-state index in [9.17, 15) is 13.2 Å². The summed E-state index contributed by atoms with van der Waals surface area (Å²) < 4.78 is 43.7. The maximum atomic E-state index is 12.6. The summed E-state index contributed by atoms with van der Waals surface area (Å²) in [5.41, 5.74) is 0.295. The van der Waals surface area contributed by atoms with Crippen molar-refractivity contribution in [3.8, 4) is 0 Å². The molecular formula is C16H22F3NO. The number of nitrogens with one attached hydrogen (secondary N) is 1. The Kier molecular flexibility index (Phi) is 4.94. The van der Waals surface area contributed by atoms with Crippen LogP contribution < -0.4 is 5.32 Å². The molecule has 5 heteroatoms. The van der Waals surface area contributed by atoms with E-state index in [2.05, 4.69) is 19.2 Å². The lowest BCUT2D eigenvalue weighted by atomic mass is 9.83. The zero-order chi connectivity index (χ0) is 15.5. The molecule has 1 aromatic rings. The van der Waals surface area contributed by atoms with Crippen LogP contribution in [0.25, 0.3) is 0 Å². The van der Waals surface area contributed by atoms with E-state index in [4.69, 9.17) is 4.74 Å². The molecule has 1 aromatic carbocycles. The van der Waals surface area contributed by atoms with E-state index < -0.39 is 11.7 Å². The summed E-state index contributed by atoms with van der Waals surface area (Å²) in [6.45, 7) is 6.45. The number of hydrogen-bond acceptors (Lipinski definition) is 2. The van der Waals surface area contributed by atoms with E-state index >= 15 is 0 Å². The Bertz CT molecular complexity index is 452. The maximum Gasteiger partial charge on any atom is 0.416 e. The van der Waals surface area contributed by atoms with E-state index in [1.54, 1.807) is 0 Å². The van der Waals surface area contributed by atoms with Gasteiger partial charge in [0.25, 0.3) is 0 Å². The molecule has 0 saturated carbocycles. The van der Waals surface area contributed by atoms with Crippen molar-refractivity contribution in [2.45, 2.75) is 39.0 Å². The highest BCUT2D eigenvalue weighted by Crippen LogP contribution is 2.33. The highest BCUT2D eigenvalue weighted by Gasteiger charge is 2.32. The molecule has 1 saturated heterocycles. The van der Waals surface area contributed by atoms with Crippen molar-refractivity contribution >= 4 is 0 Å². The first-order valence-electron chi connectivity index (χ1n) is 7.40. The van der Waals surface area contributed by atoms with Crippen LogP contribution in [-0.2, 0) is 10.9 Å². The molecule has 0 spiro atoms. The first-order chi connectivity index (χ1) is 9.90. The van der Waals surface area contributed by atoms with E-state index in [-0.39, 0.29) is 11.5 Å². The molecule has 1 unspecified atom stereocenters. The second-order valence-corrected chi connectivity index (χ2v) is 5.76. The number of benzene rings is 1. The molecule has 21 heavy (non-hydrogen) atoms. The van der Waals surface area contributed by atoms with E-state index in [0.29, 0.717) is 13.2 Å². The minimum Gasteiger partial charge on any atom is -0.372 e. The fourth-order valence-corrected chi connectivity index (χ4v) is 2.66.